The number of hydrogen-bond donors (Lipinski definition) is 1. The minimum Gasteiger partial charge on any atom is -0.330 e. The second-order valence-electron chi connectivity index (χ2n) is 4.17. The average molecular weight is 254 g/mol. The van der Waals surface area contributed by atoms with Gasteiger partial charge in [0.25, 0.3) is 0 Å². The molecule has 0 bridgehead atoms. The van der Waals surface area contributed by atoms with Crippen molar-refractivity contribution >= 4 is 15.9 Å². The van der Waals surface area contributed by atoms with Crippen LogP contribution in [0.1, 0.15) is 30.4 Å². The van der Waals surface area contributed by atoms with Crippen molar-refractivity contribution in [2.75, 3.05) is 6.54 Å². The van der Waals surface area contributed by atoms with Crippen LogP contribution in [0, 0.1) is 5.92 Å². The summed E-state index contributed by atoms with van der Waals surface area (Å²) in [5, 5.41) is 0. The van der Waals surface area contributed by atoms with Gasteiger partial charge in [-0.2, -0.15) is 0 Å². The van der Waals surface area contributed by atoms with E-state index in [9.17, 15) is 0 Å². The van der Waals surface area contributed by atoms with E-state index in [1.807, 2.05) is 0 Å². The van der Waals surface area contributed by atoms with Crippen molar-refractivity contribution in [1.82, 2.24) is 0 Å². The maximum absolute atomic E-state index is 5.74. The summed E-state index contributed by atoms with van der Waals surface area (Å²) >= 11 is 3.64. The predicted molar refractivity (Wildman–Crippen MR) is 63.4 cm³/mol. The first kappa shape index (κ1) is 10.2. The summed E-state index contributed by atoms with van der Waals surface area (Å²) in [4.78, 5) is 0. The van der Waals surface area contributed by atoms with Gasteiger partial charge in [0.15, 0.2) is 0 Å². The van der Waals surface area contributed by atoms with E-state index in [4.69, 9.17) is 5.73 Å². The Labute approximate surface area is 93.8 Å². The van der Waals surface area contributed by atoms with Crippen LogP contribution in [-0.2, 0) is 6.42 Å². The summed E-state index contributed by atoms with van der Waals surface area (Å²) < 4.78 is 1.26. The molecule has 2 atom stereocenters. The lowest BCUT2D eigenvalue weighted by Gasteiger charge is -2.19. The largest absolute Gasteiger partial charge is 0.330 e. The smallest absolute Gasteiger partial charge is 0.0212 e. The van der Waals surface area contributed by atoms with Gasteiger partial charge in [-0.3, -0.25) is 0 Å². The van der Waals surface area contributed by atoms with E-state index in [0.717, 1.165) is 6.54 Å². The maximum atomic E-state index is 5.74. The fourth-order valence-corrected chi connectivity index (χ4v) is 3.10. The Morgan fingerprint density at radius 2 is 2.36 bits per heavy atom. The van der Waals surface area contributed by atoms with Crippen LogP contribution in [-0.4, -0.2) is 6.54 Å². The van der Waals surface area contributed by atoms with E-state index in [1.165, 1.54) is 28.4 Å². The first-order valence-electron chi connectivity index (χ1n) is 5.21. The van der Waals surface area contributed by atoms with Gasteiger partial charge >= 0.3 is 0 Å². The third kappa shape index (κ3) is 1.61. The van der Waals surface area contributed by atoms with Crippen molar-refractivity contribution in [3.63, 3.8) is 0 Å². The summed E-state index contributed by atoms with van der Waals surface area (Å²) in [6, 6.07) is 6.50. The first-order valence-corrected chi connectivity index (χ1v) is 6.00. The standard InChI is InChI=1S/C12H16BrN/c1-8(7-14)10-6-5-9-3-2-4-11(13)12(9)10/h2-4,8,10H,5-7,14H2,1H3. The fourth-order valence-electron chi connectivity index (χ4n) is 2.40. The molecule has 1 aliphatic rings. The van der Waals surface area contributed by atoms with Gasteiger partial charge in [-0.15, -0.1) is 0 Å². The van der Waals surface area contributed by atoms with Gasteiger partial charge in [0, 0.05) is 4.47 Å². The average Bonchev–Trinajstić information content (AvgIpc) is 2.62. The van der Waals surface area contributed by atoms with Gasteiger partial charge in [0.1, 0.15) is 0 Å². The lowest BCUT2D eigenvalue weighted by molar-refractivity contribution is 0.465. The highest BCUT2D eigenvalue weighted by Gasteiger charge is 2.27. The molecule has 0 heterocycles. The Morgan fingerprint density at radius 1 is 1.57 bits per heavy atom. The second kappa shape index (κ2) is 4.03. The number of benzene rings is 1. The van der Waals surface area contributed by atoms with Crippen LogP contribution < -0.4 is 5.73 Å². The normalized spacial score (nSPS) is 22.1. The van der Waals surface area contributed by atoms with E-state index < -0.39 is 0 Å². The first-order chi connectivity index (χ1) is 6.74. The van der Waals surface area contributed by atoms with Gasteiger partial charge < -0.3 is 5.73 Å². The van der Waals surface area contributed by atoms with E-state index in [2.05, 4.69) is 41.1 Å². The van der Waals surface area contributed by atoms with Crippen molar-refractivity contribution in [2.24, 2.45) is 11.7 Å². The van der Waals surface area contributed by atoms with Crippen LogP contribution in [0.3, 0.4) is 0 Å². The number of nitrogens with two attached hydrogens (primary N) is 1. The number of halogens is 1. The zero-order valence-corrected chi connectivity index (χ0v) is 10.0. The monoisotopic (exact) mass is 253 g/mol. The molecular weight excluding hydrogens is 238 g/mol. The third-order valence-electron chi connectivity index (χ3n) is 3.30. The molecule has 0 radical (unpaired) electrons. The van der Waals surface area contributed by atoms with Gasteiger partial charge in [0.2, 0.25) is 0 Å². The number of rotatable bonds is 2. The summed E-state index contributed by atoms with van der Waals surface area (Å²) in [6.45, 7) is 3.03. The number of fused-ring (bicyclic) bond motifs is 1. The molecule has 0 saturated carbocycles. The summed E-state index contributed by atoms with van der Waals surface area (Å²) in [6.07, 6.45) is 2.47. The SMILES string of the molecule is CC(CN)C1CCc2cccc(Br)c21. The molecular formula is C12H16BrN. The molecule has 0 aromatic heterocycles. The Balaban J connectivity index is 2.38. The Bertz CT molecular complexity index is 335. The topological polar surface area (TPSA) is 26.0 Å². The van der Waals surface area contributed by atoms with Crippen molar-refractivity contribution in [3.05, 3.63) is 33.8 Å². The maximum Gasteiger partial charge on any atom is 0.0212 e. The van der Waals surface area contributed by atoms with E-state index in [0.29, 0.717) is 11.8 Å². The summed E-state index contributed by atoms with van der Waals surface area (Å²) in [5.41, 5.74) is 8.75. The van der Waals surface area contributed by atoms with Crippen LogP contribution >= 0.6 is 15.9 Å². The van der Waals surface area contributed by atoms with Crippen molar-refractivity contribution < 1.29 is 0 Å². The Kier molecular flexibility index (Phi) is 2.93. The molecule has 1 nitrogen and oxygen atoms in total. The molecule has 0 aliphatic heterocycles. The quantitative estimate of drug-likeness (QED) is 0.862. The molecule has 2 unspecified atom stereocenters. The van der Waals surface area contributed by atoms with E-state index in [1.54, 1.807) is 0 Å². The number of hydrogen-bond acceptors (Lipinski definition) is 1. The molecule has 1 aromatic rings. The molecule has 76 valence electrons. The lowest BCUT2D eigenvalue weighted by Crippen LogP contribution is -2.17. The Morgan fingerprint density at radius 3 is 3.07 bits per heavy atom. The van der Waals surface area contributed by atoms with Crippen molar-refractivity contribution in [1.29, 1.82) is 0 Å². The minimum atomic E-state index is 0.593. The molecule has 0 spiro atoms. The van der Waals surface area contributed by atoms with E-state index >= 15 is 0 Å². The summed E-state index contributed by atoms with van der Waals surface area (Å²) in [7, 11) is 0. The molecule has 2 heteroatoms. The second-order valence-corrected chi connectivity index (χ2v) is 5.03. The van der Waals surface area contributed by atoms with Crippen LogP contribution in [0.15, 0.2) is 22.7 Å². The molecule has 2 rings (SSSR count). The lowest BCUT2D eigenvalue weighted by atomic mass is 9.89. The molecule has 0 fully saturated rings. The van der Waals surface area contributed by atoms with Crippen LogP contribution in [0.4, 0.5) is 0 Å². The molecule has 0 saturated heterocycles. The van der Waals surface area contributed by atoms with Gasteiger partial charge in [-0.05, 0) is 48.4 Å². The van der Waals surface area contributed by atoms with Gasteiger partial charge in [0.05, 0.1) is 0 Å². The highest BCUT2D eigenvalue weighted by Crippen LogP contribution is 2.41. The Hall–Kier alpha value is -0.340. The highest BCUT2D eigenvalue weighted by molar-refractivity contribution is 9.10. The fraction of sp³-hybridized carbons (Fsp3) is 0.500. The third-order valence-corrected chi connectivity index (χ3v) is 3.99. The molecule has 1 aliphatic carbocycles. The van der Waals surface area contributed by atoms with Crippen LogP contribution in [0.5, 0.6) is 0 Å². The zero-order chi connectivity index (χ0) is 10.1. The van der Waals surface area contributed by atoms with Gasteiger partial charge in [-0.1, -0.05) is 35.0 Å². The molecule has 0 amide bonds. The molecule has 2 N–H and O–H groups in total. The van der Waals surface area contributed by atoms with Crippen molar-refractivity contribution in [3.8, 4) is 0 Å². The number of aryl methyl sites for hydroxylation is 1. The van der Waals surface area contributed by atoms with Crippen LogP contribution in [0.25, 0.3) is 0 Å². The summed E-state index contributed by atoms with van der Waals surface area (Å²) in [5.74, 6) is 1.25. The highest BCUT2D eigenvalue weighted by atomic mass is 79.9. The van der Waals surface area contributed by atoms with Crippen LogP contribution in [0.2, 0.25) is 0 Å². The van der Waals surface area contributed by atoms with Crippen molar-refractivity contribution in [2.45, 2.75) is 25.7 Å². The van der Waals surface area contributed by atoms with Gasteiger partial charge in [-0.25, -0.2) is 0 Å². The van der Waals surface area contributed by atoms with E-state index in [-0.39, 0.29) is 0 Å². The minimum absolute atomic E-state index is 0.593. The predicted octanol–water partition coefficient (Wildman–Crippen LogP) is 3.07. The molecule has 14 heavy (non-hydrogen) atoms. The molecule has 1 aromatic carbocycles. The zero-order valence-electron chi connectivity index (χ0n) is 8.46.